The van der Waals surface area contributed by atoms with Crippen LogP contribution in [0.15, 0.2) is 35.0 Å². The van der Waals surface area contributed by atoms with Crippen LogP contribution in [0.1, 0.15) is 22.8 Å². The fraction of sp³-hybridized carbons (Fsp3) is 0.250. The van der Waals surface area contributed by atoms with Gasteiger partial charge in [-0.3, -0.25) is 9.59 Å². The van der Waals surface area contributed by atoms with Gasteiger partial charge in [0.25, 0.3) is 5.91 Å². The average molecular weight is 338 g/mol. The molecule has 0 aliphatic rings. The maximum atomic E-state index is 13.7. The maximum Gasteiger partial charge on any atom is 0.252 e. The largest absolute Gasteiger partial charge is 0.343 e. The molecule has 23 heavy (non-hydrogen) atoms. The van der Waals surface area contributed by atoms with Gasteiger partial charge < -0.3 is 10.2 Å². The van der Waals surface area contributed by atoms with Crippen LogP contribution in [0.25, 0.3) is 0 Å². The van der Waals surface area contributed by atoms with E-state index >= 15 is 0 Å². The lowest BCUT2D eigenvalue weighted by molar-refractivity contribution is -0.130. The van der Waals surface area contributed by atoms with E-state index in [2.05, 4.69) is 5.32 Å². The summed E-state index contributed by atoms with van der Waals surface area (Å²) in [5.41, 5.74) is 0.317. The number of nitrogens with zero attached hydrogens (tertiary/aromatic N) is 1. The Bertz CT molecular complexity index is 669. The second kappa shape index (κ2) is 7.82. The molecule has 1 N–H and O–H groups in total. The number of hydrogen-bond acceptors (Lipinski definition) is 3. The number of carbonyl (C=O) groups excluding carboxylic acids is 2. The molecule has 0 bridgehead atoms. The number of nitrogens with one attached hydrogen (secondary N) is 1. The highest BCUT2D eigenvalue weighted by Gasteiger charge is 2.18. The van der Waals surface area contributed by atoms with Gasteiger partial charge in [0.2, 0.25) is 5.91 Å². The number of rotatable bonds is 6. The molecule has 4 nitrogen and oxygen atoms in total. The second-order valence-electron chi connectivity index (χ2n) is 4.80. The first-order valence-corrected chi connectivity index (χ1v) is 7.98. The van der Waals surface area contributed by atoms with E-state index in [1.165, 1.54) is 22.3 Å². The van der Waals surface area contributed by atoms with Crippen molar-refractivity contribution in [2.24, 2.45) is 0 Å². The molecule has 1 aromatic heterocycles. The van der Waals surface area contributed by atoms with Crippen molar-refractivity contribution in [3.05, 3.63) is 57.8 Å². The molecule has 0 aliphatic heterocycles. The zero-order valence-corrected chi connectivity index (χ0v) is 13.3. The van der Waals surface area contributed by atoms with Crippen LogP contribution in [-0.4, -0.2) is 29.8 Å². The van der Waals surface area contributed by atoms with Crippen LogP contribution in [0, 0.1) is 11.6 Å². The molecule has 0 saturated heterocycles. The number of hydrogen-bond donors (Lipinski definition) is 1. The van der Waals surface area contributed by atoms with Crippen molar-refractivity contribution in [2.45, 2.75) is 13.5 Å². The fourth-order valence-electron chi connectivity index (χ4n) is 2.01. The highest BCUT2D eigenvalue weighted by molar-refractivity contribution is 7.08. The molecule has 0 fully saturated rings. The van der Waals surface area contributed by atoms with Gasteiger partial charge in [-0.1, -0.05) is 6.07 Å². The summed E-state index contributed by atoms with van der Waals surface area (Å²) >= 11 is 1.38. The molecule has 2 rings (SSSR count). The minimum Gasteiger partial charge on any atom is -0.343 e. The Labute approximate surface area is 136 Å². The maximum absolute atomic E-state index is 13.7. The van der Waals surface area contributed by atoms with Gasteiger partial charge in [0.05, 0.1) is 13.1 Å². The van der Waals surface area contributed by atoms with Gasteiger partial charge in [0.15, 0.2) is 0 Å². The van der Waals surface area contributed by atoms with Gasteiger partial charge in [-0.05, 0) is 30.5 Å². The van der Waals surface area contributed by atoms with Crippen LogP contribution < -0.4 is 5.32 Å². The molecule has 122 valence electrons. The summed E-state index contributed by atoms with van der Waals surface area (Å²) in [6.07, 6.45) is 0. The highest BCUT2D eigenvalue weighted by atomic mass is 32.1. The molecule has 0 radical (unpaired) electrons. The van der Waals surface area contributed by atoms with Crippen LogP contribution in [0.4, 0.5) is 8.78 Å². The lowest BCUT2D eigenvalue weighted by atomic mass is 10.2. The topological polar surface area (TPSA) is 49.4 Å². The molecular weight excluding hydrogens is 322 g/mol. The number of thiophene rings is 1. The summed E-state index contributed by atoms with van der Waals surface area (Å²) in [7, 11) is 0. The molecule has 0 unspecified atom stereocenters. The predicted octanol–water partition coefficient (Wildman–Crippen LogP) is 2.80. The molecule has 2 amide bonds. The molecule has 7 heteroatoms. The zero-order valence-electron chi connectivity index (χ0n) is 12.5. The third-order valence-corrected chi connectivity index (χ3v) is 4.01. The molecule has 2 aromatic rings. The summed E-state index contributed by atoms with van der Waals surface area (Å²) in [4.78, 5) is 25.2. The SMILES string of the molecule is CCN(Cc1c(F)cccc1F)C(=O)CNC(=O)c1ccsc1. The van der Waals surface area contributed by atoms with Gasteiger partial charge in [0.1, 0.15) is 11.6 Å². The number of amides is 2. The summed E-state index contributed by atoms with van der Waals surface area (Å²) in [6.45, 7) is 1.58. The summed E-state index contributed by atoms with van der Waals surface area (Å²) < 4.78 is 27.3. The molecule has 1 heterocycles. The zero-order chi connectivity index (χ0) is 16.8. The van der Waals surface area contributed by atoms with E-state index in [9.17, 15) is 18.4 Å². The quantitative estimate of drug-likeness (QED) is 0.880. The van der Waals surface area contributed by atoms with Crippen LogP contribution in [0.5, 0.6) is 0 Å². The number of benzene rings is 1. The lowest BCUT2D eigenvalue weighted by Crippen LogP contribution is -2.40. The van der Waals surface area contributed by atoms with Crippen LogP contribution in [0.2, 0.25) is 0 Å². The van der Waals surface area contributed by atoms with E-state index in [0.717, 1.165) is 12.1 Å². The van der Waals surface area contributed by atoms with E-state index in [4.69, 9.17) is 0 Å². The standard InChI is InChI=1S/C16H16F2N2O2S/c1-2-20(9-12-13(17)4-3-5-14(12)18)15(21)8-19-16(22)11-6-7-23-10-11/h3-7,10H,2,8-9H2,1H3,(H,19,22). The number of carbonyl (C=O) groups is 2. The molecule has 1 aromatic carbocycles. The Morgan fingerprint density at radius 3 is 2.48 bits per heavy atom. The van der Waals surface area contributed by atoms with Gasteiger partial charge in [-0.25, -0.2) is 8.78 Å². The monoisotopic (exact) mass is 338 g/mol. The van der Waals surface area contributed by atoms with Crippen molar-refractivity contribution in [1.82, 2.24) is 10.2 Å². The molecule has 0 aliphatic carbocycles. The third kappa shape index (κ3) is 4.35. The van der Waals surface area contributed by atoms with Crippen molar-refractivity contribution in [3.8, 4) is 0 Å². The van der Waals surface area contributed by atoms with Crippen molar-refractivity contribution in [1.29, 1.82) is 0 Å². The Balaban J connectivity index is 1.97. The average Bonchev–Trinajstić information content (AvgIpc) is 3.06. The Hall–Kier alpha value is -2.28. The van der Waals surface area contributed by atoms with Crippen molar-refractivity contribution < 1.29 is 18.4 Å². The first-order chi connectivity index (χ1) is 11.0. The number of halogens is 2. The minimum absolute atomic E-state index is 0.160. The van der Waals surface area contributed by atoms with Gasteiger partial charge in [-0.15, -0.1) is 0 Å². The molecule has 0 spiro atoms. The van der Waals surface area contributed by atoms with Crippen molar-refractivity contribution in [2.75, 3.05) is 13.1 Å². The van der Waals surface area contributed by atoms with E-state index in [0.29, 0.717) is 5.56 Å². The first-order valence-electron chi connectivity index (χ1n) is 7.04. The van der Waals surface area contributed by atoms with Crippen molar-refractivity contribution in [3.63, 3.8) is 0 Å². The number of likely N-dealkylation sites (N-methyl/N-ethyl adjacent to an activating group) is 1. The highest BCUT2D eigenvalue weighted by Crippen LogP contribution is 2.14. The lowest BCUT2D eigenvalue weighted by Gasteiger charge is -2.21. The summed E-state index contributed by atoms with van der Waals surface area (Å²) in [6, 6.07) is 5.22. The van der Waals surface area contributed by atoms with E-state index in [-0.39, 0.29) is 31.1 Å². The minimum atomic E-state index is -0.696. The smallest absolute Gasteiger partial charge is 0.252 e. The van der Waals surface area contributed by atoms with E-state index in [1.54, 1.807) is 23.8 Å². The van der Waals surface area contributed by atoms with E-state index in [1.807, 2.05) is 0 Å². The molecule has 0 saturated carbocycles. The van der Waals surface area contributed by atoms with E-state index < -0.39 is 17.5 Å². The Morgan fingerprint density at radius 1 is 1.22 bits per heavy atom. The van der Waals surface area contributed by atoms with Crippen LogP contribution in [0.3, 0.4) is 0 Å². The second-order valence-corrected chi connectivity index (χ2v) is 5.58. The predicted molar refractivity (Wildman–Crippen MR) is 84.1 cm³/mol. The van der Waals surface area contributed by atoms with Gasteiger partial charge in [-0.2, -0.15) is 11.3 Å². The summed E-state index contributed by atoms with van der Waals surface area (Å²) in [5, 5.41) is 5.94. The van der Waals surface area contributed by atoms with Crippen LogP contribution in [-0.2, 0) is 11.3 Å². The Kier molecular flexibility index (Phi) is 5.81. The fourth-order valence-corrected chi connectivity index (χ4v) is 2.65. The normalized spacial score (nSPS) is 10.4. The van der Waals surface area contributed by atoms with Crippen molar-refractivity contribution >= 4 is 23.2 Å². The third-order valence-electron chi connectivity index (χ3n) is 3.33. The Morgan fingerprint density at radius 2 is 1.91 bits per heavy atom. The van der Waals surface area contributed by atoms with Crippen LogP contribution >= 0.6 is 11.3 Å². The first kappa shape index (κ1) is 17.1. The van der Waals surface area contributed by atoms with Gasteiger partial charge in [0, 0.05) is 23.1 Å². The molecule has 0 atom stereocenters. The van der Waals surface area contributed by atoms with Gasteiger partial charge >= 0.3 is 0 Å². The molecular formula is C16H16F2N2O2S. The summed E-state index contributed by atoms with van der Waals surface area (Å²) in [5.74, 6) is -2.15.